The Morgan fingerprint density at radius 2 is 2.08 bits per heavy atom. The highest BCUT2D eigenvalue weighted by Crippen LogP contribution is 2.25. The lowest BCUT2D eigenvalue weighted by Crippen LogP contribution is -2.46. The van der Waals surface area contributed by atoms with Crippen LogP contribution in [-0.2, 0) is 20.7 Å². The fourth-order valence-electron chi connectivity index (χ4n) is 3.65. The van der Waals surface area contributed by atoms with E-state index in [4.69, 9.17) is 14.6 Å². The third kappa shape index (κ3) is 5.46. The Labute approximate surface area is 154 Å². The van der Waals surface area contributed by atoms with E-state index in [-0.39, 0.29) is 12.3 Å². The van der Waals surface area contributed by atoms with Gasteiger partial charge in [0.15, 0.2) is 0 Å². The van der Waals surface area contributed by atoms with E-state index in [1.54, 1.807) is 4.90 Å². The lowest BCUT2D eigenvalue weighted by atomic mass is 10.1. The number of carboxylic acid groups (broad SMARTS) is 1. The summed E-state index contributed by atoms with van der Waals surface area (Å²) < 4.78 is 11.4. The van der Waals surface area contributed by atoms with E-state index < -0.39 is 12.1 Å². The van der Waals surface area contributed by atoms with Crippen LogP contribution in [0.5, 0.6) is 5.75 Å². The third-order valence-electron chi connectivity index (χ3n) is 5.02. The highest BCUT2D eigenvalue weighted by molar-refractivity contribution is 5.76. The molecule has 1 aromatic rings. The Hall–Kier alpha value is -2.08. The molecule has 6 heteroatoms. The monoisotopic (exact) mass is 361 g/mol. The molecule has 142 valence electrons. The van der Waals surface area contributed by atoms with Gasteiger partial charge in [-0.3, -0.25) is 9.59 Å². The molecule has 1 saturated heterocycles. The number of aryl methyl sites for hydroxylation is 1. The van der Waals surface area contributed by atoms with Crippen LogP contribution in [0.25, 0.3) is 0 Å². The Morgan fingerprint density at radius 1 is 1.27 bits per heavy atom. The van der Waals surface area contributed by atoms with Gasteiger partial charge in [0.1, 0.15) is 5.75 Å². The van der Waals surface area contributed by atoms with Gasteiger partial charge in [-0.15, -0.1) is 0 Å². The number of benzene rings is 1. The van der Waals surface area contributed by atoms with Crippen LogP contribution in [0.1, 0.15) is 44.1 Å². The van der Waals surface area contributed by atoms with Crippen molar-refractivity contribution < 1.29 is 24.2 Å². The van der Waals surface area contributed by atoms with E-state index in [1.165, 1.54) is 12.8 Å². The van der Waals surface area contributed by atoms with E-state index >= 15 is 0 Å². The molecule has 0 radical (unpaired) electrons. The summed E-state index contributed by atoms with van der Waals surface area (Å²) in [6.07, 6.45) is 5.63. The van der Waals surface area contributed by atoms with E-state index in [0.29, 0.717) is 38.6 Å². The Kier molecular flexibility index (Phi) is 6.50. The topological polar surface area (TPSA) is 76.1 Å². The predicted octanol–water partition coefficient (Wildman–Crippen LogP) is 2.64. The van der Waals surface area contributed by atoms with Crippen molar-refractivity contribution in [1.29, 1.82) is 0 Å². The summed E-state index contributed by atoms with van der Waals surface area (Å²) >= 11 is 0. The van der Waals surface area contributed by atoms with Crippen LogP contribution in [0.15, 0.2) is 24.3 Å². The van der Waals surface area contributed by atoms with Crippen LogP contribution in [0.3, 0.4) is 0 Å². The highest BCUT2D eigenvalue weighted by atomic mass is 16.5. The molecule has 0 unspecified atom stereocenters. The minimum Gasteiger partial charge on any atom is -0.490 e. The molecule has 26 heavy (non-hydrogen) atoms. The molecule has 6 nitrogen and oxygen atoms in total. The first-order valence-electron chi connectivity index (χ1n) is 9.47. The van der Waals surface area contributed by atoms with Crippen molar-refractivity contribution in [2.75, 3.05) is 19.7 Å². The minimum absolute atomic E-state index is 0.0470. The Balaban J connectivity index is 1.48. The fraction of sp³-hybridized carbons (Fsp3) is 0.600. The number of carboxylic acids is 1. The third-order valence-corrected chi connectivity index (χ3v) is 5.02. The van der Waals surface area contributed by atoms with Crippen LogP contribution < -0.4 is 4.74 Å². The van der Waals surface area contributed by atoms with Crippen molar-refractivity contribution in [1.82, 2.24) is 4.90 Å². The quantitative estimate of drug-likeness (QED) is 0.808. The number of aliphatic carboxylic acids is 1. The van der Waals surface area contributed by atoms with Crippen molar-refractivity contribution in [3.05, 3.63) is 29.8 Å². The normalized spacial score (nSPS) is 20.9. The van der Waals surface area contributed by atoms with Crippen LogP contribution in [0, 0.1) is 0 Å². The first-order chi connectivity index (χ1) is 12.6. The van der Waals surface area contributed by atoms with Crippen molar-refractivity contribution in [2.45, 2.75) is 57.2 Å². The van der Waals surface area contributed by atoms with Gasteiger partial charge in [-0.25, -0.2) is 0 Å². The largest absolute Gasteiger partial charge is 0.490 e. The number of ether oxygens (including phenoxy) is 2. The molecule has 1 N–H and O–H groups in total. The van der Waals surface area contributed by atoms with Crippen LogP contribution >= 0.6 is 0 Å². The molecule has 1 heterocycles. The van der Waals surface area contributed by atoms with Crippen LogP contribution in [0.2, 0.25) is 0 Å². The van der Waals surface area contributed by atoms with Crippen molar-refractivity contribution in [3.8, 4) is 5.75 Å². The van der Waals surface area contributed by atoms with Gasteiger partial charge in [0.05, 0.1) is 25.2 Å². The van der Waals surface area contributed by atoms with E-state index in [0.717, 1.165) is 24.2 Å². The second-order valence-corrected chi connectivity index (χ2v) is 7.10. The average Bonchev–Trinajstić information content (AvgIpc) is 3.12. The van der Waals surface area contributed by atoms with Gasteiger partial charge >= 0.3 is 5.97 Å². The molecule has 1 amide bonds. The maximum atomic E-state index is 12.5. The van der Waals surface area contributed by atoms with E-state index in [9.17, 15) is 9.59 Å². The molecule has 1 aromatic carbocycles. The minimum atomic E-state index is -0.900. The molecule has 2 aliphatic rings. The van der Waals surface area contributed by atoms with E-state index in [2.05, 4.69) is 0 Å². The molecule has 1 saturated carbocycles. The molecule has 2 fully saturated rings. The van der Waals surface area contributed by atoms with Gasteiger partial charge in [-0.1, -0.05) is 12.1 Å². The molecule has 3 rings (SSSR count). The smallest absolute Gasteiger partial charge is 0.306 e. The number of hydrogen-bond acceptors (Lipinski definition) is 4. The number of amides is 1. The first-order valence-corrected chi connectivity index (χ1v) is 9.47. The fourth-order valence-corrected chi connectivity index (χ4v) is 3.65. The number of morpholine rings is 1. The first kappa shape index (κ1) is 18.7. The summed E-state index contributed by atoms with van der Waals surface area (Å²) in [6, 6.07) is 7.99. The molecular weight excluding hydrogens is 334 g/mol. The zero-order chi connectivity index (χ0) is 18.4. The van der Waals surface area contributed by atoms with Crippen molar-refractivity contribution in [3.63, 3.8) is 0 Å². The molecule has 0 aromatic heterocycles. The number of nitrogens with zero attached hydrogens (tertiary/aromatic N) is 1. The lowest BCUT2D eigenvalue weighted by molar-refractivity contribution is -0.147. The second-order valence-electron chi connectivity index (χ2n) is 7.10. The van der Waals surface area contributed by atoms with Crippen LogP contribution in [-0.4, -0.2) is 53.8 Å². The van der Waals surface area contributed by atoms with Gasteiger partial charge in [0.2, 0.25) is 5.91 Å². The predicted molar refractivity (Wildman–Crippen MR) is 96.2 cm³/mol. The number of carbonyl (C=O) groups is 2. The van der Waals surface area contributed by atoms with Crippen molar-refractivity contribution >= 4 is 11.9 Å². The molecular formula is C20H27NO5. The maximum Gasteiger partial charge on any atom is 0.306 e. The molecule has 0 bridgehead atoms. The maximum absolute atomic E-state index is 12.5. The summed E-state index contributed by atoms with van der Waals surface area (Å²) in [5.41, 5.74) is 1.09. The van der Waals surface area contributed by atoms with Gasteiger partial charge in [-0.2, -0.15) is 0 Å². The molecule has 0 spiro atoms. The molecule has 1 atom stereocenters. The standard InChI is InChI=1S/C20H27NO5/c22-19(21-10-11-25-18(14-21)13-20(23)24)9-8-15-4-3-7-17(12-15)26-16-5-1-2-6-16/h3-4,7,12,16,18H,1-2,5-6,8-11,13-14H2,(H,23,24)/t18-/m0/s1. The summed E-state index contributed by atoms with van der Waals surface area (Å²) in [7, 11) is 0. The SMILES string of the molecule is O=C(O)C[C@H]1CN(C(=O)CCc2cccc(OC3CCCC3)c2)CCO1. The summed E-state index contributed by atoms with van der Waals surface area (Å²) in [5, 5.41) is 8.88. The number of hydrogen-bond donors (Lipinski definition) is 1. The second kappa shape index (κ2) is 9.03. The highest BCUT2D eigenvalue weighted by Gasteiger charge is 2.25. The van der Waals surface area contributed by atoms with Crippen molar-refractivity contribution in [2.24, 2.45) is 0 Å². The summed E-state index contributed by atoms with van der Waals surface area (Å²) in [4.78, 5) is 25.0. The average molecular weight is 361 g/mol. The van der Waals surface area contributed by atoms with Gasteiger partial charge in [0, 0.05) is 19.5 Å². The van der Waals surface area contributed by atoms with E-state index in [1.807, 2.05) is 24.3 Å². The van der Waals surface area contributed by atoms with Crippen LogP contribution in [0.4, 0.5) is 0 Å². The zero-order valence-corrected chi connectivity index (χ0v) is 15.1. The Bertz CT molecular complexity index is 626. The Morgan fingerprint density at radius 3 is 2.85 bits per heavy atom. The number of rotatable bonds is 7. The van der Waals surface area contributed by atoms with Gasteiger partial charge in [-0.05, 0) is 49.8 Å². The summed E-state index contributed by atoms with van der Waals surface area (Å²) in [6.45, 7) is 1.28. The van der Waals surface area contributed by atoms with Gasteiger partial charge < -0.3 is 19.5 Å². The molecule has 1 aliphatic carbocycles. The van der Waals surface area contributed by atoms with Gasteiger partial charge in [0.25, 0.3) is 0 Å². The zero-order valence-electron chi connectivity index (χ0n) is 15.1. The lowest BCUT2D eigenvalue weighted by Gasteiger charge is -2.32. The molecule has 1 aliphatic heterocycles. The number of carbonyl (C=O) groups excluding carboxylic acids is 1. The summed E-state index contributed by atoms with van der Waals surface area (Å²) in [5.74, 6) is 0.0314.